The maximum absolute atomic E-state index is 12.7. The third-order valence-corrected chi connectivity index (χ3v) is 11.1. The van der Waals surface area contributed by atoms with Crippen LogP contribution in [-0.4, -0.2) is 23.8 Å². The first-order valence-electron chi connectivity index (χ1n) is 15.1. The molecule has 4 saturated carbocycles. The smallest absolute Gasteiger partial charge is 0.141 e. The molecule has 0 aromatic rings. The molecule has 1 heterocycles. The zero-order valence-electron chi connectivity index (χ0n) is 22.2. The molecule has 5 fully saturated rings. The van der Waals surface area contributed by atoms with Gasteiger partial charge < -0.3 is 4.90 Å². The predicted molar refractivity (Wildman–Crippen MR) is 142 cm³/mol. The van der Waals surface area contributed by atoms with Crippen LogP contribution >= 0.6 is 0 Å². The molecule has 0 N–H and O–H groups in total. The van der Waals surface area contributed by atoms with E-state index in [0.717, 1.165) is 62.4 Å². The highest BCUT2D eigenvalue weighted by atomic mass is 16.1. The van der Waals surface area contributed by atoms with Crippen molar-refractivity contribution in [1.29, 1.82) is 0 Å². The molecule has 2 heteroatoms. The van der Waals surface area contributed by atoms with Gasteiger partial charge in [-0.05, 0) is 107 Å². The number of Topliss-reactive ketones (excluding diaryl/α,β-unsaturated/α-hetero) is 1. The Hall–Kier alpha value is -1.05. The van der Waals surface area contributed by atoms with Gasteiger partial charge in [-0.3, -0.25) is 4.79 Å². The summed E-state index contributed by atoms with van der Waals surface area (Å²) in [6.07, 6.45) is 22.7. The molecule has 190 valence electrons. The summed E-state index contributed by atoms with van der Waals surface area (Å²) in [7, 11) is 0. The van der Waals surface area contributed by atoms with Gasteiger partial charge in [-0.25, -0.2) is 0 Å². The fourth-order valence-corrected chi connectivity index (χ4v) is 8.36. The summed E-state index contributed by atoms with van der Waals surface area (Å²) in [6, 6.07) is 0. The lowest BCUT2D eigenvalue weighted by molar-refractivity contribution is -0.128. The number of hydrogen-bond donors (Lipinski definition) is 0. The quantitative estimate of drug-likeness (QED) is 0.336. The Morgan fingerprint density at radius 3 is 2.09 bits per heavy atom. The third-order valence-electron chi connectivity index (χ3n) is 11.1. The molecule has 0 aromatic carbocycles. The highest BCUT2D eigenvalue weighted by Gasteiger charge is 2.47. The summed E-state index contributed by atoms with van der Waals surface area (Å²) in [6.45, 7) is 13.4. The molecule has 0 spiro atoms. The Labute approximate surface area is 210 Å². The summed E-state index contributed by atoms with van der Waals surface area (Å²) in [5.74, 6) is 5.26. The Morgan fingerprint density at radius 1 is 0.765 bits per heavy atom. The van der Waals surface area contributed by atoms with E-state index in [2.05, 4.69) is 25.0 Å². The van der Waals surface area contributed by atoms with E-state index in [0.29, 0.717) is 17.6 Å². The van der Waals surface area contributed by atoms with Crippen molar-refractivity contribution in [3.05, 3.63) is 24.4 Å². The Kier molecular flexibility index (Phi) is 7.62. The Morgan fingerprint density at radius 2 is 1.44 bits per heavy atom. The van der Waals surface area contributed by atoms with Crippen LogP contribution in [0.25, 0.3) is 0 Å². The first-order valence-corrected chi connectivity index (χ1v) is 15.1. The second-order valence-electron chi connectivity index (χ2n) is 13.4. The lowest BCUT2D eigenvalue weighted by atomic mass is 9.67. The number of nitrogens with zero attached hydrogens (tertiary/aromatic N) is 1. The van der Waals surface area contributed by atoms with Crippen LogP contribution < -0.4 is 0 Å². The van der Waals surface area contributed by atoms with E-state index in [4.69, 9.17) is 0 Å². The number of rotatable bonds is 8. The first kappa shape index (κ1) is 24.6. The summed E-state index contributed by atoms with van der Waals surface area (Å²) < 4.78 is 0. The Balaban J connectivity index is 1.04. The normalized spacial score (nSPS) is 34.7. The number of likely N-dealkylation sites (tertiary alicyclic amines) is 1. The van der Waals surface area contributed by atoms with Crippen LogP contribution in [0.4, 0.5) is 0 Å². The molecule has 34 heavy (non-hydrogen) atoms. The minimum absolute atomic E-state index is 0.0457. The molecule has 0 aromatic heterocycles. The molecule has 0 bridgehead atoms. The minimum atomic E-state index is 0.0457. The lowest BCUT2D eigenvalue weighted by Gasteiger charge is -2.42. The zero-order valence-corrected chi connectivity index (χ0v) is 22.2. The monoisotopic (exact) mass is 465 g/mol. The number of allylic oxidation sites excluding steroid dienone is 2. The molecule has 4 aliphatic carbocycles. The van der Waals surface area contributed by atoms with E-state index in [1.165, 1.54) is 89.2 Å². The first-order chi connectivity index (χ1) is 16.4. The number of piperidine rings is 1. The van der Waals surface area contributed by atoms with Gasteiger partial charge in [0, 0.05) is 30.1 Å². The number of carbonyl (C=O) groups is 1. The number of hydrogen-bond acceptors (Lipinski definition) is 2. The van der Waals surface area contributed by atoms with Crippen LogP contribution in [0.1, 0.15) is 116 Å². The molecular weight excluding hydrogens is 414 g/mol. The van der Waals surface area contributed by atoms with Gasteiger partial charge in [-0.2, -0.15) is 0 Å². The van der Waals surface area contributed by atoms with E-state index in [1.54, 1.807) is 5.57 Å². The number of ketones is 1. The van der Waals surface area contributed by atoms with Crippen LogP contribution in [0.15, 0.2) is 24.4 Å². The highest BCUT2D eigenvalue weighted by Crippen LogP contribution is 2.49. The Bertz CT molecular complexity index is 741. The molecule has 0 amide bonds. The van der Waals surface area contributed by atoms with Crippen molar-refractivity contribution in [3.63, 3.8) is 0 Å². The van der Waals surface area contributed by atoms with Crippen molar-refractivity contribution in [2.24, 2.45) is 40.9 Å². The van der Waals surface area contributed by atoms with Crippen LogP contribution in [0, 0.1) is 40.9 Å². The van der Waals surface area contributed by atoms with Crippen molar-refractivity contribution in [2.45, 2.75) is 116 Å². The molecule has 2 atom stereocenters. The SMILES string of the molecule is C=C(CC1CCCC(C2CCC(C(=C)N3CCC(C(=O)C4(C)CC4)CC3)CC2)C1)C1CCCC1. The second kappa shape index (κ2) is 10.5. The van der Waals surface area contributed by atoms with Crippen molar-refractivity contribution in [2.75, 3.05) is 13.1 Å². The summed E-state index contributed by atoms with van der Waals surface area (Å²) >= 11 is 0. The molecular formula is C32H51NO. The van der Waals surface area contributed by atoms with Gasteiger partial charge >= 0.3 is 0 Å². The van der Waals surface area contributed by atoms with E-state index < -0.39 is 0 Å². The summed E-state index contributed by atoms with van der Waals surface area (Å²) in [5.41, 5.74) is 3.04. The van der Waals surface area contributed by atoms with Crippen LogP contribution in [0.3, 0.4) is 0 Å². The summed E-state index contributed by atoms with van der Waals surface area (Å²) in [4.78, 5) is 15.3. The van der Waals surface area contributed by atoms with E-state index >= 15 is 0 Å². The van der Waals surface area contributed by atoms with Gasteiger partial charge in [-0.15, -0.1) is 0 Å². The fraction of sp³-hybridized carbons (Fsp3) is 0.844. The molecule has 5 rings (SSSR count). The standard InChI is InChI=1S/C32H51NO/c1-23(26-8-4-5-9-26)21-25-7-6-10-30(22-25)28-13-11-27(12-14-28)24(2)33-19-15-29(16-20-33)31(34)32(3)17-18-32/h25-30H,1-2,4-22H2,3H3. The van der Waals surface area contributed by atoms with Crippen molar-refractivity contribution >= 4 is 5.78 Å². The van der Waals surface area contributed by atoms with Crippen LogP contribution in [0.5, 0.6) is 0 Å². The predicted octanol–water partition coefficient (Wildman–Crippen LogP) is 8.33. The van der Waals surface area contributed by atoms with Gasteiger partial charge in [0.1, 0.15) is 5.78 Å². The fourth-order valence-electron chi connectivity index (χ4n) is 8.36. The van der Waals surface area contributed by atoms with Gasteiger partial charge in [0.2, 0.25) is 0 Å². The van der Waals surface area contributed by atoms with E-state index in [1.807, 2.05) is 0 Å². The molecule has 1 saturated heterocycles. The maximum atomic E-state index is 12.7. The molecule has 1 aliphatic heterocycles. The summed E-state index contributed by atoms with van der Waals surface area (Å²) in [5, 5.41) is 0. The maximum Gasteiger partial charge on any atom is 0.141 e. The van der Waals surface area contributed by atoms with Crippen LogP contribution in [0.2, 0.25) is 0 Å². The zero-order chi connectivity index (χ0) is 23.7. The van der Waals surface area contributed by atoms with Gasteiger partial charge in [0.05, 0.1) is 0 Å². The van der Waals surface area contributed by atoms with Crippen molar-refractivity contribution in [1.82, 2.24) is 4.90 Å². The molecule has 2 unspecified atom stereocenters. The molecule has 5 aliphatic rings. The largest absolute Gasteiger partial charge is 0.375 e. The highest BCUT2D eigenvalue weighted by molar-refractivity contribution is 5.89. The minimum Gasteiger partial charge on any atom is -0.375 e. The topological polar surface area (TPSA) is 20.3 Å². The second-order valence-corrected chi connectivity index (χ2v) is 13.4. The lowest BCUT2D eigenvalue weighted by Crippen LogP contribution is -2.39. The van der Waals surface area contributed by atoms with Gasteiger partial charge in [-0.1, -0.05) is 57.8 Å². The van der Waals surface area contributed by atoms with Crippen molar-refractivity contribution < 1.29 is 4.79 Å². The number of carbonyl (C=O) groups excluding carboxylic acids is 1. The average molecular weight is 466 g/mol. The van der Waals surface area contributed by atoms with E-state index in [-0.39, 0.29) is 5.41 Å². The van der Waals surface area contributed by atoms with Gasteiger partial charge in [0.15, 0.2) is 0 Å². The van der Waals surface area contributed by atoms with Gasteiger partial charge in [0.25, 0.3) is 0 Å². The van der Waals surface area contributed by atoms with Crippen molar-refractivity contribution in [3.8, 4) is 0 Å². The average Bonchev–Trinajstić information content (AvgIpc) is 3.38. The molecule has 2 nitrogen and oxygen atoms in total. The van der Waals surface area contributed by atoms with E-state index in [9.17, 15) is 4.79 Å². The third kappa shape index (κ3) is 5.52. The molecule has 0 radical (unpaired) electrons. The van der Waals surface area contributed by atoms with Crippen LogP contribution in [-0.2, 0) is 4.79 Å².